The number of imidazole rings is 1. The Bertz CT molecular complexity index is 737. The summed E-state index contributed by atoms with van der Waals surface area (Å²) in [6, 6.07) is 4.55. The number of aryl methyl sites for hydroxylation is 3. The summed E-state index contributed by atoms with van der Waals surface area (Å²) in [5.74, 6) is 0. The van der Waals surface area contributed by atoms with Crippen molar-refractivity contribution in [3.8, 4) is 5.69 Å². The molecule has 4 heteroatoms. The zero-order chi connectivity index (χ0) is 16.9. The molecule has 0 radical (unpaired) electrons. The molecule has 0 unspecified atom stereocenters. The van der Waals surface area contributed by atoms with Crippen molar-refractivity contribution >= 4 is 30.1 Å². The van der Waals surface area contributed by atoms with Crippen molar-refractivity contribution < 1.29 is 0 Å². The molecule has 0 saturated heterocycles. The van der Waals surface area contributed by atoms with Crippen molar-refractivity contribution in [1.29, 1.82) is 0 Å². The summed E-state index contributed by atoms with van der Waals surface area (Å²) in [6.45, 7) is 18.6. The average Bonchev–Trinajstić information content (AvgIpc) is 2.69. The molecule has 0 aliphatic rings. The molecular formula is C18H28N2SiTe. The molecule has 0 saturated carbocycles. The van der Waals surface area contributed by atoms with Crippen LogP contribution in [0.4, 0.5) is 0 Å². The number of rotatable bonds is 2. The van der Waals surface area contributed by atoms with E-state index in [-0.39, 0.29) is 0 Å². The minimum atomic E-state index is -1.58. The fourth-order valence-electron chi connectivity index (χ4n) is 2.89. The first-order valence-corrected chi connectivity index (χ1v) is 12.0. The van der Waals surface area contributed by atoms with Crippen LogP contribution in [0.5, 0.6) is 0 Å². The molecule has 0 aliphatic heterocycles. The van der Waals surface area contributed by atoms with Gasteiger partial charge in [-0.25, -0.2) is 0 Å². The summed E-state index contributed by atoms with van der Waals surface area (Å²) in [5, 5.41) is 0.327. The van der Waals surface area contributed by atoms with Gasteiger partial charge in [0.25, 0.3) is 0 Å². The molecule has 1 heterocycles. The first-order valence-electron chi connectivity index (χ1n) is 7.85. The van der Waals surface area contributed by atoms with Crippen LogP contribution in [0.3, 0.4) is 0 Å². The monoisotopic (exact) mass is 430 g/mol. The number of nitrogens with zero attached hydrogens (tertiary/aromatic N) is 2. The minimum absolute atomic E-state index is 0.327. The fraction of sp³-hybridized carbons (Fsp3) is 0.500. The van der Waals surface area contributed by atoms with Crippen LogP contribution in [0.25, 0.3) is 5.69 Å². The van der Waals surface area contributed by atoms with E-state index in [2.05, 4.69) is 110 Å². The van der Waals surface area contributed by atoms with E-state index in [0.717, 1.165) is 0 Å². The van der Waals surface area contributed by atoms with Gasteiger partial charge in [0, 0.05) is 0 Å². The Balaban J connectivity index is 2.67. The molecule has 120 valence electrons. The van der Waals surface area contributed by atoms with Crippen LogP contribution in [0.15, 0.2) is 24.5 Å². The summed E-state index contributed by atoms with van der Waals surface area (Å²) in [7, 11) is -1.58. The van der Waals surface area contributed by atoms with Crippen molar-refractivity contribution in [1.82, 2.24) is 8.80 Å². The van der Waals surface area contributed by atoms with E-state index in [9.17, 15) is 0 Å². The van der Waals surface area contributed by atoms with E-state index < -0.39 is 8.24 Å². The number of benzene rings is 1. The molecule has 0 spiro atoms. The topological polar surface area (TPSA) is 9.86 Å². The van der Waals surface area contributed by atoms with Crippen LogP contribution in [-0.2, 0) is 0 Å². The van der Waals surface area contributed by atoms with E-state index in [0.29, 0.717) is 5.04 Å². The third kappa shape index (κ3) is 2.94. The molecule has 22 heavy (non-hydrogen) atoms. The van der Waals surface area contributed by atoms with Gasteiger partial charge in [-0.15, -0.1) is 0 Å². The van der Waals surface area contributed by atoms with Gasteiger partial charge in [-0.05, 0) is 0 Å². The number of hydrogen-bond donors (Lipinski definition) is 0. The van der Waals surface area contributed by atoms with E-state index in [1.807, 2.05) is 0 Å². The Hall–Kier alpha value is -0.564. The Morgan fingerprint density at radius 3 is 1.91 bits per heavy atom. The van der Waals surface area contributed by atoms with E-state index in [4.69, 9.17) is 0 Å². The van der Waals surface area contributed by atoms with Crippen LogP contribution >= 0.6 is 0 Å². The van der Waals surface area contributed by atoms with Gasteiger partial charge in [0.05, 0.1) is 0 Å². The summed E-state index contributed by atoms with van der Waals surface area (Å²) >= 11 is 2.16. The Morgan fingerprint density at radius 2 is 1.45 bits per heavy atom. The van der Waals surface area contributed by atoms with Crippen molar-refractivity contribution in [3.05, 3.63) is 44.7 Å². The van der Waals surface area contributed by atoms with Crippen LogP contribution in [0, 0.1) is 24.2 Å². The Morgan fingerprint density at radius 1 is 0.955 bits per heavy atom. The second kappa shape index (κ2) is 5.82. The summed E-state index contributed by atoms with van der Waals surface area (Å²) < 4.78 is 6.27. The van der Waals surface area contributed by atoms with Crippen molar-refractivity contribution in [2.45, 2.75) is 59.7 Å². The standard InChI is InChI=1S/C18H28N2SiTe/c1-13-11-14(2)16(15(3)12-13)19-9-10-20(17(19)22)21(7,8)18(4,5)6/h9-12H,1-8H3. The van der Waals surface area contributed by atoms with Crippen molar-refractivity contribution in [3.63, 3.8) is 0 Å². The predicted octanol–water partition coefficient (Wildman–Crippen LogP) is 4.76. The molecule has 0 bridgehead atoms. The average molecular weight is 428 g/mol. The van der Waals surface area contributed by atoms with Crippen molar-refractivity contribution in [2.24, 2.45) is 0 Å². The van der Waals surface area contributed by atoms with Gasteiger partial charge in [0.15, 0.2) is 0 Å². The van der Waals surface area contributed by atoms with E-state index in [1.54, 1.807) is 0 Å². The fourth-order valence-corrected chi connectivity index (χ4v) is 7.20. The summed E-state index contributed by atoms with van der Waals surface area (Å²) in [4.78, 5) is 0. The molecule has 2 aromatic rings. The van der Waals surface area contributed by atoms with Gasteiger partial charge < -0.3 is 0 Å². The predicted molar refractivity (Wildman–Crippen MR) is 99.6 cm³/mol. The normalized spacial score (nSPS) is 12.7. The van der Waals surface area contributed by atoms with Crippen LogP contribution in [0.1, 0.15) is 37.5 Å². The molecule has 2 nitrogen and oxygen atoms in total. The number of aromatic nitrogens is 2. The Kier molecular flexibility index (Phi) is 4.70. The van der Waals surface area contributed by atoms with E-state index in [1.165, 1.54) is 25.8 Å². The Labute approximate surface area is 148 Å². The molecule has 2 rings (SSSR count). The maximum atomic E-state index is 2.55. The zero-order valence-electron chi connectivity index (χ0n) is 15.1. The van der Waals surface area contributed by atoms with Gasteiger partial charge in [0.2, 0.25) is 0 Å². The van der Waals surface area contributed by atoms with Gasteiger partial charge in [0.1, 0.15) is 0 Å². The van der Waals surface area contributed by atoms with Crippen LogP contribution in [-0.4, -0.2) is 38.9 Å². The van der Waals surface area contributed by atoms with Gasteiger partial charge >= 0.3 is 149 Å². The first kappa shape index (κ1) is 17.8. The molecule has 0 aliphatic carbocycles. The molecular weight excluding hydrogens is 400 g/mol. The third-order valence-electron chi connectivity index (χ3n) is 5.09. The maximum absolute atomic E-state index is 2.55. The summed E-state index contributed by atoms with van der Waals surface area (Å²) in [6.07, 6.45) is 4.52. The van der Waals surface area contributed by atoms with E-state index >= 15 is 0 Å². The quantitative estimate of drug-likeness (QED) is 0.611. The van der Waals surface area contributed by atoms with Gasteiger partial charge in [-0.1, -0.05) is 0 Å². The second-order valence-corrected chi connectivity index (χ2v) is 14.0. The zero-order valence-corrected chi connectivity index (χ0v) is 18.4. The summed E-state index contributed by atoms with van der Waals surface area (Å²) in [5.41, 5.74) is 5.37. The first-order chi connectivity index (χ1) is 9.96. The van der Waals surface area contributed by atoms with Crippen molar-refractivity contribution in [2.75, 3.05) is 0 Å². The third-order valence-corrected chi connectivity index (χ3v) is 12.0. The molecule has 0 atom stereocenters. The molecule has 0 amide bonds. The van der Waals surface area contributed by atoms with Gasteiger partial charge in [-0.2, -0.15) is 0 Å². The van der Waals surface area contributed by atoms with Crippen LogP contribution in [0.2, 0.25) is 18.1 Å². The van der Waals surface area contributed by atoms with Crippen LogP contribution < -0.4 is 0 Å². The molecule has 1 aromatic carbocycles. The SMILES string of the molecule is Cc1cc(C)c(-n2ccn([Si](C)(C)C(C)(C)C)c2=[Te])c(C)c1. The van der Waals surface area contributed by atoms with Gasteiger partial charge in [-0.3, -0.25) is 0 Å². The molecule has 0 fully saturated rings. The molecule has 0 N–H and O–H groups in total. The second-order valence-electron chi connectivity index (χ2n) is 7.88. The number of hydrogen-bond acceptors (Lipinski definition) is 0. The molecule has 1 aromatic heterocycles.